The predicted octanol–water partition coefficient (Wildman–Crippen LogP) is 2.06. The van der Waals surface area contributed by atoms with Crippen molar-refractivity contribution in [1.29, 1.82) is 5.26 Å². The summed E-state index contributed by atoms with van der Waals surface area (Å²) >= 11 is 0. The van der Waals surface area contributed by atoms with E-state index in [9.17, 15) is 14.9 Å². The summed E-state index contributed by atoms with van der Waals surface area (Å²) in [6.07, 6.45) is -0.200. The average Bonchev–Trinajstić information content (AvgIpc) is 2.55. The van der Waals surface area contributed by atoms with Gasteiger partial charge in [0.2, 0.25) is 0 Å². The second-order valence-electron chi connectivity index (χ2n) is 6.44. The minimum Gasteiger partial charge on any atom is -0.458 e. The van der Waals surface area contributed by atoms with Crippen molar-refractivity contribution in [2.24, 2.45) is 23.2 Å². The van der Waals surface area contributed by atoms with Gasteiger partial charge in [0.1, 0.15) is 6.10 Å². The van der Waals surface area contributed by atoms with E-state index in [1.807, 2.05) is 27.7 Å². The first-order chi connectivity index (χ1) is 9.31. The summed E-state index contributed by atoms with van der Waals surface area (Å²) in [5, 5.41) is 9.25. The molecule has 0 aromatic carbocycles. The van der Waals surface area contributed by atoms with Gasteiger partial charge in [-0.2, -0.15) is 5.26 Å². The van der Waals surface area contributed by atoms with Crippen LogP contribution in [0.5, 0.6) is 0 Å². The summed E-state index contributed by atoms with van der Waals surface area (Å²) < 4.78 is 10.9. The summed E-state index contributed by atoms with van der Waals surface area (Å²) in [6.45, 7) is 7.51. The minimum atomic E-state index is -0.613. The highest BCUT2D eigenvalue weighted by molar-refractivity contribution is 5.77. The number of ether oxygens (including phenoxy) is 2. The van der Waals surface area contributed by atoms with Crippen molar-refractivity contribution >= 4 is 11.9 Å². The molecule has 1 saturated heterocycles. The number of hydrogen-bond donors (Lipinski definition) is 0. The van der Waals surface area contributed by atoms with Crippen molar-refractivity contribution in [1.82, 2.24) is 0 Å². The molecule has 0 radical (unpaired) electrons. The molecule has 1 heterocycles. The Hall–Kier alpha value is -1.57. The lowest BCUT2D eigenvalue weighted by Crippen LogP contribution is -2.44. The van der Waals surface area contributed by atoms with E-state index in [2.05, 4.69) is 6.07 Å². The fourth-order valence-electron chi connectivity index (χ4n) is 2.92. The van der Waals surface area contributed by atoms with E-state index in [1.54, 1.807) is 0 Å². The van der Waals surface area contributed by atoms with Crippen molar-refractivity contribution in [3.8, 4) is 6.07 Å². The zero-order chi connectivity index (χ0) is 15.1. The topological polar surface area (TPSA) is 76.4 Å². The molecule has 5 nitrogen and oxygen atoms in total. The molecular weight excluding hydrogens is 258 g/mol. The van der Waals surface area contributed by atoms with Gasteiger partial charge < -0.3 is 9.47 Å². The van der Waals surface area contributed by atoms with E-state index in [0.29, 0.717) is 6.42 Å². The fourth-order valence-corrected chi connectivity index (χ4v) is 2.92. The zero-order valence-electron chi connectivity index (χ0n) is 12.4. The molecule has 0 aromatic rings. The van der Waals surface area contributed by atoms with Crippen LogP contribution in [0.2, 0.25) is 0 Å². The Morgan fingerprint density at radius 3 is 2.75 bits per heavy atom. The van der Waals surface area contributed by atoms with Crippen molar-refractivity contribution in [2.75, 3.05) is 0 Å². The van der Waals surface area contributed by atoms with Gasteiger partial charge in [-0.05, 0) is 26.2 Å². The first-order valence-corrected chi connectivity index (χ1v) is 7.12. The third-order valence-electron chi connectivity index (χ3n) is 4.84. The Labute approximate surface area is 119 Å². The molecular formula is C15H21NO4. The quantitative estimate of drug-likeness (QED) is 0.739. The van der Waals surface area contributed by atoms with Crippen LogP contribution in [0, 0.1) is 34.5 Å². The van der Waals surface area contributed by atoms with Crippen LogP contribution in [0.4, 0.5) is 0 Å². The number of carbonyl (C=O) groups excluding carboxylic acids is 2. The van der Waals surface area contributed by atoms with Crippen molar-refractivity contribution < 1.29 is 19.1 Å². The Bertz CT molecular complexity index is 465. The molecule has 0 N–H and O–H groups in total. The Morgan fingerprint density at radius 2 is 2.20 bits per heavy atom. The molecule has 0 aromatic heterocycles. The Kier molecular flexibility index (Phi) is 3.77. The number of rotatable bonds is 3. The van der Waals surface area contributed by atoms with Crippen LogP contribution >= 0.6 is 0 Å². The van der Waals surface area contributed by atoms with Gasteiger partial charge in [-0.3, -0.25) is 9.59 Å². The van der Waals surface area contributed by atoms with E-state index < -0.39 is 23.5 Å². The summed E-state index contributed by atoms with van der Waals surface area (Å²) in [7, 11) is 0. The van der Waals surface area contributed by atoms with E-state index in [4.69, 9.17) is 9.47 Å². The summed E-state index contributed by atoms with van der Waals surface area (Å²) in [4.78, 5) is 23.8. The standard InChI is InChI=1S/C15H21NO4/c1-5-15(3,4)14(18)20-12-9-6-11(17)19-13(12)10(7-16)8(9)2/h8-10,12-13H,5-6H2,1-4H3/t8-,9?,10?,12?,13?/m0/s1. The normalized spacial score (nSPS) is 36.1. The minimum absolute atomic E-state index is 0.000936. The highest BCUT2D eigenvalue weighted by atomic mass is 16.6. The molecule has 5 atom stereocenters. The second-order valence-corrected chi connectivity index (χ2v) is 6.44. The molecule has 0 spiro atoms. The van der Waals surface area contributed by atoms with Crippen LogP contribution in [-0.4, -0.2) is 24.1 Å². The van der Waals surface area contributed by atoms with Gasteiger partial charge in [-0.25, -0.2) is 0 Å². The number of esters is 2. The van der Waals surface area contributed by atoms with E-state index >= 15 is 0 Å². The average molecular weight is 279 g/mol. The molecule has 1 aliphatic carbocycles. The van der Waals surface area contributed by atoms with Gasteiger partial charge in [-0.15, -0.1) is 0 Å². The number of hydrogen-bond acceptors (Lipinski definition) is 5. The smallest absolute Gasteiger partial charge is 0.311 e. The summed E-state index contributed by atoms with van der Waals surface area (Å²) in [6, 6.07) is 2.19. The molecule has 110 valence electrons. The van der Waals surface area contributed by atoms with Crippen molar-refractivity contribution in [3.63, 3.8) is 0 Å². The van der Waals surface area contributed by atoms with Crippen LogP contribution in [0.1, 0.15) is 40.5 Å². The van der Waals surface area contributed by atoms with Crippen LogP contribution < -0.4 is 0 Å². The van der Waals surface area contributed by atoms with Crippen LogP contribution in [0.3, 0.4) is 0 Å². The van der Waals surface area contributed by atoms with E-state index in [0.717, 1.165) is 0 Å². The summed E-state index contributed by atoms with van der Waals surface area (Å²) in [5.41, 5.74) is -0.563. The SMILES string of the molecule is CCC(C)(C)C(=O)OC1C2OC(=O)CC1[C@H](C)C2C#N. The third-order valence-corrected chi connectivity index (χ3v) is 4.84. The lowest BCUT2D eigenvalue weighted by Gasteiger charge is -2.32. The lowest BCUT2D eigenvalue weighted by atomic mass is 9.88. The molecule has 20 heavy (non-hydrogen) atoms. The van der Waals surface area contributed by atoms with Crippen molar-refractivity contribution in [2.45, 2.75) is 52.7 Å². The number of fused-ring (bicyclic) bond motifs is 2. The third kappa shape index (κ3) is 2.28. The molecule has 2 rings (SSSR count). The number of carbonyl (C=O) groups is 2. The molecule has 1 saturated carbocycles. The van der Waals surface area contributed by atoms with Gasteiger partial charge in [0, 0.05) is 5.92 Å². The maximum Gasteiger partial charge on any atom is 0.311 e. The summed E-state index contributed by atoms with van der Waals surface area (Å²) in [5.74, 6) is -1.09. The second kappa shape index (κ2) is 5.08. The van der Waals surface area contributed by atoms with Gasteiger partial charge in [0.25, 0.3) is 0 Å². The highest BCUT2D eigenvalue weighted by Crippen LogP contribution is 2.46. The largest absolute Gasteiger partial charge is 0.458 e. The van der Waals surface area contributed by atoms with Gasteiger partial charge >= 0.3 is 11.9 Å². The number of nitriles is 1. The molecule has 4 unspecified atom stereocenters. The molecule has 2 aliphatic rings. The van der Waals surface area contributed by atoms with Gasteiger partial charge in [0.15, 0.2) is 6.10 Å². The van der Waals surface area contributed by atoms with Crippen LogP contribution in [0.15, 0.2) is 0 Å². The van der Waals surface area contributed by atoms with E-state index in [1.165, 1.54) is 0 Å². The Morgan fingerprint density at radius 1 is 1.55 bits per heavy atom. The maximum absolute atomic E-state index is 12.2. The molecule has 2 fully saturated rings. The first kappa shape index (κ1) is 14.8. The van der Waals surface area contributed by atoms with Crippen LogP contribution in [-0.2, 0) is 19.1 Å². The fraction of sp³-hybridized carbons (Fsp3) is 0.800. The van der Waals surface area contributed by atoms with Gasteiger partial charge in [0.05, 0.1) is 23.8 Å². The highest BCUT2D eigenvalue weighted by Gasteiger charge is 2.57. The zero-order valence-corrected chi connectivity index (χ0v) is 12.4. The van der Waals surface area contributed by atoms with Crippen LogP contribution in [0.25, 0.3) is 0 Å². The predicted molar refractivity (Wildman–Crippen MR) is 70.2 cm³/mol. The van der Waals surface area contributed by atoms with E-state index in [-0.39, 0.29) is 30.2 Å². The van der Waals surface area contributed by atoms with Crippen molar-refractivity contribution in [3.05, 3.63) is 0 Å². The Balaban J connectivity index is 2.19. The molecule has 1 aliphatic heterocycles. The monoisotopic (exact) mass is 279 g/mol. The molecule has 0 amide bonds. The van der Waals surface area contributed by atoms with Gasteiger partial charge in [-0.1, -0.05) is 13.8 Å². The maximum atomic E-state index is 12.2. The molecule has 2 bridgehead atoms. The first-order valence-electron chi connectivity index (χ1n) is 7.12. The molecule has 5 heteroatoms. The number of nitrogens with zero attached hydrogens (tertiary/aromatic N) is 1. The lowest BCUT2D eigenvalue weighted by molar-refractivity contribution is -0.184.